The number of hydrogen-bond acceptors (Lipinski definition) is 3. The van der Waals surface area contributed by atoms with Crippen molar-refractivity contribution < 1.29 is 9.59 Å². The van der Waals surface area contributed by atoms with Gasteiger partial charge in [-0.1, -0.05) is 18.2 Å². The van der Waals surface area contributed by atoms with Crippen molar-refractivity contribution in [1.29, 1.82) is 5.26 Å². The van der Waals surface area contributed by atoms with Gasteiger partial charge in [0.1, 0.15) is 0 Å². The molecule has 1 N–H and O–H groups in total. The molecule has 2 aromatic rings. The monoisotopic (exact) mass is 335 g/mol. The summed E-state index contributed by atoms with van der Waals surface area (Å²) in [7, 11) is 0. The molecule has 128 valence electrons. The molecule has 0 saturated heterocycles. The molecule has 0 saturated carbocycles. The van der Waals surface area contributed by atoms with Gasteiger partial charge in [-0.05, 0) is 49.7 Å². The molecule has 2 rings (SSSR count). The number of carbonyl (C=O) groups is 2. The number of hydrogen-bond donors (Lipinski definition) is 1. The number of benzene rings is 2. The Bertz CT molecular complexity index is 804. The summed E-state index contributed by atoms with van der Waals surface area (Å²) in [6, 6.07) is 16.2. The van der Waals surface area contributed by atoms with E-state index in [1.165, 1.54) is 6.92 Å². The Hall–Kier alpha value is -3.13. The van der Waals surface area contributed by atoms with Crippen molar-refractivity contribution in [2.75, 3.05) is 5.32 Å². The predicted octanol–water partition coefficient (Wildman–Crippen LogP) is 3.57. The highest BCUT2D eigenvalue weighted by Crippen LogP contribution is 2.17. The number of anilines is 1. The van der Waals surface area contributed by atoms with E-state index in [9.17, 15) is 9.59 Å². The summed E-state index contributed by atoms with van der Waals surface area (Å²) in [6.07, 6.45) is 0. The van der Waals surface area contributed by atoms with Gasteiger partial charge < -0.3 is 10.2 Å². The second kappa shape index (κ2) is 8.11. The number of carbonyl (C=O) groups excluding carboxylic acids is 2. The standard InChI is InChI=1S/C20H21N3O2/c1-14(2)23(13-17-9-7-16(12-21)8-10-17)20(25)18-5-4-6-19(11-18)22-15(3)24/h4-11,14H,13H2,1-3H3,(H,22,24). The van der Waals surface area contributed by atoms with Crippen molar-refractivity contribution >= 4 is 17.5 Å². The Morgan fingerprint density at radius 3 is 2.40 bits per heavy atom. The van der Waals surface area contributed by atoms with Crippen LogP contribution in [0.4, 0.5) is 5.69 Å². The van der Waals surface area contributed by atoms with E-state index in [4.69, 9.17) is 5.26 Å². The number of rotatable bonds is 5. The minimum absolute atomic E-state index is 0.00701. The molecule has 0 unspecified atom stereocenters. The number of nitriles is 1. The van der Waals surface area contributed by atoms with Crippen LogP contribution in [-0.2, 0) is 11.3 Å². The van der Waals surface area contributed by atoms with Gasteiger partial charge in [-0.2, -0.15) is 5.26 Å². The van der Waals surface area contributed by atoms with E-state index in [1.807, 2.05) is 26.0 Å². The Morgan fingerprint density at radius 1 is 1.16 bits per heavy atom. The summed E-state index contributed by atoms with van der Waals surface area (Å²) < 4.78 is 0. The van der Waals surface area contributed by atoms with Crippen molar-refractivity contribution in [1.82, 2.24) is 4.90 Å². The maximum absolute atomic E-state index is 12.9. The van der Waals surface area contributed by atoms with Crippen LogP contribution >= 0.6 is 0 Å². The first-order valence-electron chi connectivity index (χ1n) is 8.08. The van der Waals surface area contributed by atoms with Crippen LogP contribution in [0, 0.1) is 11.3 Å². The molecule has 0 heterocycles. The lowest BCUT2D eigenvalue weighted by atomic mass is 10.1. The van der Waals surface area contributed by atoms with Crippen molar-refractivity contribution in [2.24, 2.45) is 0 Å². The molecule has 0 spiro atoms. The quantitative estimate of drug-likeness (QED) is 0.908. The number of nitrogens with zero attached hydrogens (tertiary/aromatic N) is 2. The maximum Gasteiger partial charge on any atom is 0.254 e. The summed E-state index contributed by atoms with van der Waals surface area (Å²) in [5.74, 6) is -0.283. The molecule has 0 aliphatic carbocycles. The highest BCUT2D eigenvalue weighted by molar-refractivity contribution is 5.97. The molecule has 2 amide bonds. The summed E-state index contributed by atoms with van der Waals surface area (Å²) in [6.45, 7) is 5.80. The van der Waals surface area contributed by atoms with E-state index in [-0.39, 0.29) is 17.9 Å². The fourth-order valence-electron chi connectivity index (χ4n) is 2.47. The van der Waals surface area contributed by atoms with Gasteiger partial charge in [-0.3, -0.25) is 9.59 Å². The van der Waals surface area contributed by atoms with Gasteiger partial charge in [-0.25, -0.2) is 0 Å². The summed E-state index contributed by atoms with van der Waals surface area (Å²) in [5, 5.41) is 11.6. The second-order valence-corrected chi connectivity index (χ2v) is 6.10. The summed E-state index contributed by atoms with van der Waals surface area (Å²) in [5.41, 5.74) is 2.67. The van der Waals surface area contributed by atoms with Crippen LogP contribution in [0.25, 0.3) is 0 Å². The average molecular weight is 335 g/mol. The smallest absolute Gasteiger partial charge is 0.254 e. The Kier molecular flexibility index (Phi) is 5.91. The second-order valence-electron chi connectivity index (χ2n) is 6.10. The molecule has 0 radical (unpaired) electrons. The molecule has 0 aliphatic heterocycles. The third-order valence-corrected chi connectivity index (χ3v) is 3.75. The van der Waals surface area contributed by atoms with E-state index >= 15 is 0 Å². The first kappa shape index (κ1) is 18.2. The van der Waals surface area contributed by atoms with Gasteiger partial charge in [0.25, 0.3) is 5.91 Å². The summed E-state index contributed by atoms with van der Waals surface area (Å²) in [4.78, 5) is 25.9. The van der Waals surface area contributed by atoms with Gasteiger partial charge in [0.2, 0.25) is 5.91 Å². The molecule has 0 atom stereocenters. The summed E-state index contributed by atoms with van der Waals surface area (Å²) >= 11 is 0. The number of nitrogens with one attached hydrogen (secondary N) is 1. The molecule has 0 aromatic heterocycles. The minimum atomic E-state index is -0.178. The molecule has 5 nitrogen and oxygen atoms in total. The largest absolute Gasteiger partial charge is 0.332 e. The van der Waals surface area contributed by atoms with Crippen molar-refractivity contribution in [3.8, 4) is 6.07 Å². The zero-order valence-electron chi connectivity index (χ0n) is 14.6. The topological polar surface area (TPSA) is 73.2 Å². The van der Waals surface area contributed by atoms with E-state index in [0.29, 0.717) is 23.4 Å². The number of amides is 2. The van der Waals surface area contributed by atoms with Crippen LogP contribution in [0.2, 0.25) is 0 Å². The minimum Gasteiger partial charge on any atom is -0.332 e. The lowest BCUT2D eigenvalue weighted by molar-refractivity contribution is -0.114. The Labute approximate surface area is 147 Å². The molecule has 0 fully saturated rings. The van der Waals surface area contributed by atoms with E-state index in [0.717, 1.165) is 5.56 Å². The molecule has 2 aromatic carbocycles. The fraction of sp³-hybridized carbons (Fsp3) is 0.250. The third kappa shape index (κ3) is 4.92. The lowest BCUT2D eigenvalue weighted by Gasteiger charge is -2.27. The molecule has 5 heteroatoms. The third-order valence-electron chi connectivity index (χ3n) is 3.75. The van der Waals surface area contributed by atoms with Crippen molar-refractivity contribution in [2.45, 2.75) is 33.4 Å². The first-order chi connectivity index (χ1) is 11.9. The van der Waals surface area contributed by atoms with Crippen molar-refractivity contribution in [3.63, 3.8) is 0 Å². The molecule has 25 heavy (non-hydrogen) atoms. The Balaban J connectivity index is 2.22. The maximum atomic E-state index is 12.9. The van der Waals surface area contributed by atoms with Gasteiger partial charge in [-0.15, -0.1) is 0 Å². The van der Waals surface area contributed by atoms with Gasteiger partial charge in [0.15, 0.2) is 0 Å². The lowest BCUT2D eigenvalue weighted by Crippen LogP contribution is -2.36. The Morgan fingerprint density at radius 2 is 1.84 bits per heavy atom. The molecular formula is C20H21N3O2. The van der Waals surface area contributed by atoms with Gasteiger partial charge >= 0.3 is 0 Å². The van der Waals surface area contributed by atoms with E-state index in [2.05, 4.69) is 11.4 Å². The van der Waals surface area contributed by atoms with Gasteiger partial charge in [0.05, 0.1) is 11.6 Å². The van der Waals surface area contributed by atoms with E-state index < -0.39 is 0 Å². The van der Waals surface area contributed by atoms with Gasteiger partial charge in [0, 0.05) is 30.8 Å². The van der Waals surface area contributed by atoms with Crippen LogP contribution in [0.5, 0.6) is 0 Å². The predicted molar refractivity (Wildman–Crippen MR) is 96.9 cm³/mol. The van der Waals surface area contributed by atoms with Crippen LogP contribution in [0.3, 0.4) is 0 Å². The van der Waals surface area contributed by atoms with Crippen LogP contribution in [0.15, 0.2) is 48.5 Å². The first-order valence-corrected chi connectivity index (χ1v) is 8.08. The average Bonchev–Trinajstić information content (AvgIpc) is 2.59. The molecule has 0 aliphatic rings. The fourth-order valence-corrected chi connectivity index (χ4v) is 2.47. The highest BCUT2D eigenvalue weighted by Gasteiger charge is 2.19. The highest BCUT2D eigenvalue weighted by atomic mass is 16.2. The van der Waals surface area contributed by atoms with E-state index in [1.54, 1.807) is 41.3 Å². The van der Waals surface area contributed by atoms with Crippen LogP contribution in [-0.4, -0.2) is 22.8 Å². The SMILES string of the molecule is CC(=O)Nc1cccc(C(=O)N(Cc2ccc(C#N)cc2)C(C)C)c1. The molecule has 0 bridgehead atoms. The van der Waals surface area contributed by atoms with Crippen LogP contribution in [0.1, 0.15) is 42.3 Å². The molecular weight excluding hydrogens is 314 g/mol. The normalized spacial score (nSPS) is 10.2. The van der Waals surface area contributed by atoms with Crippen LogP contribution < -0.4 is 5.32 Å². The zero-order chi connectivity index (χ0) is 18.4. The zero-order valence-corrected chi connectivity index (χ0v) is 14.6. The van der Waals surface area contributed by atoms with Crippen molar-refractivity contribution in [3.05, 3.63) is 65.2 Å².